The van der Waals surface area contributed by atoms with E-state index in [1.807, 2.05) is 11.8 Å². The average molecular weight is 203 g/mol. The van der Waals surface area contributed by atoms with Crippen LogP contribution in [0.15, 0.2) is 0 Å². The molecule has 0 aromatic rings. The molecule has 2 N–H and O–H groups in total. The van der Waals surface area contributed by atoms with Crippen LogP contribution in [0.2, 0.25) is 0 Å². The van der Waals surface area contributed by atoms with E-state index in [-0.39, 0.29) is 12.1 Å². The van der Waals surface area contributed by atoms with Crippen molar-refractivity contribution in [1.29, 1.82) is 0 Å². The van der Waals surface area contributed by atoms with E-state index in [2.05, 4.69) is 26.1 Å². The van der Waals surface area contributed by atoms with Gasteiger partial charge in [0.2, 0.25) is 0 Å². The van der Waals surface area contributed by atoms with Crippen molar-refractivity contribution >= 4 is 11.8 Å². The molecule has 2 nitrogen and oxygen atoms in total. The van der Waals surface area contributed by atoms with Crippen molar-refractivity contribution in [3.63, 3.8) is 0 Å². The molecule has 0 saturated carbocycles. The molecule has 0 amide bonds. The van der Waals surface area contributed by atoms with E-state index in [0.29, 0.717) is 11.3 Å². The largest absolute Gasteiger partial charge is 0.394 e. The van der Waals surface area contributed by atoms with E-state index >= 15 is 0 Å². The topological polar surface area (TPSA) is 32.3 Å². The summed E-state index contributed by atoms with van der Waals surface area (Å²) in [7, 11) is 0. The molecule has 0 spiro atoms. The number of thioether (sulfide) groups is 1. The smallest absolute Gasteiger partial charge is 0.0624 e. The lowest BCUT2D eigenvalue weighted by molar-refractivity contribution is 0.150. The van der Waals surface area contributed by atoms with Crippen molar-refractivity contribution in [2.75, 3.05) is 12.4 Å². The minimum Gasteiger partial charge on any atom is -0.394 e. The zero-order valence-electron chi connectivity index (χ0n) is 8.84. The predicted octanol–water partition coefficient (Wildman–Crippen LogP) is 1.63. The van der Waals surface area contributed by atoms with Crippen LogP contribution in [0, 0.1) is 0 Å². The Morgan fingerprint density at radius 3 is 2.77 bits per heavy atom. The molecular weight excluding hydrogens is 182 g/mol. The van der Waals surface area contributed by atoms with Gasteiger partial charge >= 0.3 is 0 Å². The molecule has 0 aliphatic carbocycles. The fourth-order valence-electron chi connectivity index (χ4n) is 1.82. The first-order valence-electron chi connectivity index (χ1n) is 5.15. The molecular formula is C10H21NOS. The molecule has 1 aliphatic heterocycles. The fraction of sp³-hybridized carbons (Fsp3) is 1.00. The monoisotopic (exact) mass is 203 g/mol. The number of aliphatic hydroxyl groups is 1. The molecule has 0 aromatic carbocycles. The van der Waals surface area contributed by atoms with Crippen LogP contribution in [0.4, 0.5) is 0 Å². The summed E-state index contributed by atoms with van der Waals surface area (Å²) in [5, 5.41) is 13.6. The van der Waals surface area contributed by atoms with E-state index in [4.69, 9.17) is 0 Å². The molecule has 1 heterocycles. The Bertz CT molecular complexity index is 165. The van der Waals surface area contributed by atoms with Crippen molar-refractivity contribution in [2.45, 2.75) is 50.4 Å². The van der Waals surface area contributed by atoms with Gasteiger partial charge in [-0.2, -0.15) is 11.8 Å². The van der Waals surface area contributed by atoms with Gasteiger partial charge in [-0.1, -0.05) is 13.8 Å². The molecule has 3 heteroatoms. The third-order valence-electron chi connectivity index (χ3n) is 3.12. The number of nitrogens with one attached hydrogen (secondary N) is 1. The highest BCUT2D eigenvalue weighted by Gasteiger charge is 2.40. The van der Waals surface area contributed by atoms with Crippen molar-refractivity contribution < 1.29 is 5.11 Å². The second-order valence-electron chi connectivity index (χ2n) is 4.03. The van der Waals surface area contributed by atoms with Gasteiger partial charge in [0.05, 0.1) is 12.1 Å². The summed E-state index contributed by atoms with van der Waals surface area (Å²) in [6.45, 7) is 6.84. The average Bonchev–Trinajstić information content (AvgIpc) is 2.48. The number of aliphatic hydroxyl groups excluding tert-OH is 1. The summed E-state index contributed by atoms with van der Waals surface area (Å²) in [5.41, 5.74) is -0.0138. The quantitative estimate of drug-likeness (QED) is 0.728. The van der Waals surface area contributed by atoms with Crippen molar-refractivity contribution in [3.05, 3.63) is 0 Å². The predicted molar refractivity (Wildman–Crippen MR) is 59.2 cm³/mol. The number of hydrogen-bond donors (Lipinski definition) is 2. The fourth-order valence-corrected chi connectivity index (χ4v) is 3.23. The molecule has 0 radical (unpaired) electrons. The van der Waals surface area contributed by atoms with E-state index in [0.717, 1.165) is 12.8 Å². The van der Waals surface area contributed by atoms with Gasteiger partial charge in [0.1, 0.15) is 0 Å². The zero-order chi connectivity index (χ0) is 9.90. The van der Waals surface area contributed by atoms with Gasteiger partial charge in [-0.15, -0.1) is 0 Å². The summed E-state index contributed by atoms with van der Waals surface area (Å²) in [4.78, 5) is 0. The Hall–Kier alpha value is 0.270. The summed E-state index contributed by atoms with van der Waals surface area (Å²) < 4.78 is 0. The Morgan fingerprint density at radius 2 is 2.38 bits per heavy atom. The van der Waals surface area contributed by atoms with Gasteiger partial charge in [-0.3, -0.25) is 0 Å². The Labute approximate surface area is 85.5 Å². The van der Waals surface area contributed by atoms with Crippen LogP contribution in [0.5, 0.6) is 0 Å². The van der Waals surface area contributed by atoms with Crippen LogP contribution in [-0.4, -0.2) is 34.3 Å². The third-order valence-corrected chi connectivity index (χ3v) is 4.51. The molecule has 1 saturated heterocycles. The summed E-state index contributed by atoms with van der Waals surface area (Å²) >= 11 is 1.96. The Balaban J connectivity index is 2.58. The first kappa shape index (κ1) is 11.3. The minimum absolute atomic E-state index is 0.0138. The molecule has 0 aromatic heterocycles. The van der Waals surface area contributed by atoms with Crippen LogP contribution >= 0.6 is 11.8 Å². The van der Waals surface area contributed by atoms with Crippen LogP contribution in [0.25, 0.3) is 0 Å². The van der Waals surface area contributed by atoms with Crippen molar-refractivity contribution in [1.82, 2.24) is 5.32 Å². The number of hydrogen-bond acceptors (Lipinski definition) is 3. The van der Waals surface area contributed by atoms with Crippen LogP contribution in [-0.2, 0) is 0 Å². The van der Waals surface area contributed by atoms with Crippen LogP contribution in [0.1, 0.15) is 33.6 Å². The highest BCUT2D eigenvalue weighted by Crippen LogP contribution is 2.35. The summed E-state index contributed by atoms with van der Waals surface area (Å²) in [5.74, 6) is 1.17. The standard InChI is InChI=1S/C10H21NOS/c1-4-8(2)11-10(7-12)5-6-13-9(10)3/h8-9,11-12H,4-7H2,1-3H3. The minimum atomic E-state index is -0.0138. The first-order chi connectivity index (χ1) is 6.14. The van der Waals surface area contributed by atoms with Crippen LogP contribution < -0.4 is 5.32 Å². The molecule has 78 valence electrons. The maximum absolute atomic E-state index is 9.46. The summed E-state index contributed by atoms with van der Waals surface area (Å²) in [6, 6.07) is 0.508. The maximum atomic E-state index is 9.46. The van der Waals surface area contributed by atoms with E-state index < -0.39 is 0 Å². The van der Waals surface area contributed by atoms with Gasteiger partial charge in [0.15, 0.2) is 0 Å². The second-order valence-corrected chi connectivity index (χ2v) is 5.48. The lowest BCUT2D eigenvalue weighted by Gasteiger charge is -2.35. The zero-order valence-corrected chi connectivity index (χ0v) is 9.66. The Kier molecular flexibility index (Phi) is 4.07. The highest BCUT2D eigenvalue weighted by molar-refractivity contribution is 8.00. The van der Waals surface area contributed by atoms with Crippen molar-refractivity contribution in [3.8, 4) is 0 Å². The van der Waals surface area contributed by atoms with Gasteiger partial charge < -0.3 is 10.4 Å². The molecule has 1 rings (SSSR count). The first-order valence-corrected chi connectivity index (χ1v) is 6.19. The Morgan fingerprint density at radius 1 is 1.69 bits per heavy atom. The van der Waals surface area contributed by atoms with E-state index in [1.165, 1.54) is 5.75 Å². The van der Waals surface area contributed by atoms with E-state index in [1.54, 1.807) is 0 Å². The molecule has 1 fully saturated rings. The van der Waals surface area contributed by atoms with Gasteiger partial charge in [-0.25, -0.2) is 0 Å². The molecule has 3 unspecified atom stereocenters. The summed E-state index contributed by atoms with van der Waals surface area (Å²) in [6.07, 6.45) is 2.22. The third kappa shape index (κ3) is 2.39. The van der Waals surface area contributed by atoms with Crippen LogP contribution in [0.3, 0.4) is 0 Å². The van der Waals surface area contributed by atoms with Gasteiger partial charge in [0.25, 0.3) is 0 Å². The molecule has 3 atom stereocenters. The second kappa shape index (κ2) is 4.67. The van der Waals surface area contributed by atoms with E-state index in [9.17, 15) is 5.11 Å². The number of rotatable bonds is 4. The molecule has 0 bridgehead atoms. The SMILES string of the molecule is CCC(C)NC1(CO)CCSC1C. The molecule has 13 heavy (non-hydrogen) atoms. The highest BCUT2D eigenvalue weighted by atomic mass is 32.2. The normalized spacial score (nSPS) is 36.5. The van der Waals surface area contributed by atoms with Gasteiger partial charge in [0, 0.05) is 11.3 Å². The van der Waals surface area contributed by atoms with Crippen molar-refractivity contribution in [2.24, 2.45) is 0 Å². The maximum Gasteiger partial charge on any atom is 0.0624 e. The van der Waals surface area contributed by atoms with Gasteiger partial charge in [-0.05, 0) is 25.5 Å². The molecule has 1 aliphatic rings. The lowest BCUT2D eigenvalue weighted by atomic mass is 9.92. The lowest BCUT2D eigenvalue weighted by Crippen LogP contribution is -2.55.